The fourth-order valence-electron chi connectivity index (χ4n) is 2.59. The van der Waals surface area contributed by atoms with Crippen molar-refractivity contribution in [2.24, 2.45) is 0 Å². The third-order valence-corrected chi connectivity index (χ3v) is 5.12. The summed E-state index contributed by atoms with van der Waals surface area (Å²) in [5.74, 6) is -1.56. The van der Waals surface area contributed by atoms with E-state index in [9.17, 15) is 22.0 Å². The molecule has 0 spiro atoms. The highest BCUT2D eigenvalue weighted by Crippen LogP contribution is 2.22. The Labute approximate surface area is 151 Å². The van der Waals surface area contributed by atoms with Crippen molar-refractivity contribution in [2.45, 2.75) is 25.9 Å². The number of benzene rings is 2. The molecule has 2 aromatic carbocycles. The zero-order valence-corrected chi connectivity index (χ0v) is 15.4. The molecule has 2 rings (SSSR count). The van der Waals surface area contributed by atoms with Gasteiger partial charge in [-0.2, -0.15) is 0 Å². The molecular weight excluding hydrogens is 362 g/mol. The zero-order chi connectivity index (χ0) is 19.5. The van der Waals surface area contributed by atoms with Crippen LogP contribution in [0.3, 0.4) is 0 Å². The van der Waals surface area contributed by atoms with Crippen molar-refractivity contribution < 1.29 is 22.0 Å². The van der Waals surface area contributed by atoms with E-state index in [1.807, 2.05) is 0 Å². The Kier molecular flexibility index (Phi) is 5.97. The Morgan fingerprint density at radius 1 is 1.04 bits per heavy atom. The molecule has 0 aromatic heterocycles. The second kappa shape index (κ2) is 7.82. The third kappa shape index (κ3) is 4.78. The number of nitrogens with one attached hydrogen (secondary N) is 1. The van der Waals surface area contributed by atoms with Gasteiger partial charge in [-0.3, -0.25) is 9.10 Å². The summed E-state index contributed by atoms with van der Waals surface area (Å²) in [4.78, 5) is 12.6. The van der Waals surface area contributed by atoms with Gasteiger partial charge in [0.1, 0.15) is 17.7 Å². The van der Waals surface area contributed by atoms with Crippen molar-refractivity contribution in [3.8, 4) is 0 Å². The summed E-state index contributed by atoms with van der Waals surface area (Å²) in [6, 6.07) is 9.08. The summed E-state index contributed by atoms with van der Waals surface area (Å²) >= 11 is 0. The molecule has 0 unspecified atom stereocenters. The quantitative estimate of drug-likeness (QED) is 0.835. The van der Waals surface area contributed by atoms with Crippen LogP contribution in [-0.2, 0) is 14.8 Å². The molecule has 0 fully saturated rings. The number of carbonyl (C=O) groups is 1. The SMILES string of the molecule is C[C@H](NC(=O)[C@@H](C)N(c1cccc(F)c1)S(C)(=O)=O)c1ccc(F)cc1. The summed E-state index contributed by atoms with van der Waals surface area (Å²) in [6.45, 7) is 3.11. The van der Waals surface area contributed by atoms with Crippen LogP contribution < -0.4 is 9.62 Å². The maximum Gasteiger partial charge on any atom is 0.244 e. The van der Waals surface area contributed by atoms with Crippen molar-refractivity contribution in [1.82, 2.24) is 5.32 Å². The standard InChI is InChI=1S/C18H20F2N2O3S/c1-12(14-7-9-15(19)10-8-14)21-18(23)13(2)22(26(3,24)25)17-6-4-5-16(20)11-17/h4-13H,1-3H3,(H,21,23)/t12-,13+/m0/s1. The maximum atomic E-state index is 13.5. The Hall–Kier alpha value is -2.48. The predicted molar refractivity (Wildman–Crippen MR) is 96.1 cm³/mol. The first-order chi connectivity index (χ1) is 12.1. The predicted octanol–water partition coefficient (Wildman–Crippen LogP) is 3.00. The first-order valence-electron chi connectivity index (χ1n) is 7.90. The average molecular weight is 382 g/mol. The first kappa shape index (κ1) is 19.8. The number of sulfonamides is 1. The molecule has 0 heterocycles. The molecule has 8 heteroatoms. The topological polar surface area (TPSA) is 66.5 Å². The van der Waals surface area contributed by atoms with E-state index in [4.69, 9.17) is 0 Å². The fraction of sp³-hybridized carbons (Fsp3) is 0.278. The Balaban J connectivity index is 2.23. The van der Waals surface area contributed by atoms with E-state index in [-0.39, 0.29) is 5.69 Å². The molecule has 0 saturated carbocycles. The molecule has 0 bridgehead atoms. The van der Waals surface area contributed by atoms with Gasteiger partial charge in [0.2, 0.25) is 15.9 Å². The second-order valence-electron chi connectivity index (χ2n) is 6.00. The summed E-state index contributed by atoms with van der Waals surface area (Å²) in [6.07, 6.45) is 0.949. The Morgan fingerprint density at radius 3 is 2.19 bits per heavy atom. The van der Waals surface area contributed by atoms with E-state index < -0.39 is 39.6 Å². The van der Waals surface area contributed by atoms with E-state index in [2.05, 4.69) is 5.32 Å². The molecule has 26 heavy (non-hydrogen) atoms. The number of halogens is 2. The molecular formula is C18H20F2N2O3S. The van der Waals surface area contributed by atoms with Gasteiger partial charge in [-0.15, -0.1) is 0 Å². The van der Waals surface area contributed by atoms with E-state index >= 15 is 0 Å². The minimum Gasteiger partial charge on any atom is -0.348 e. The van der Waals surface area contributed by atoms with Crippen LogP contribution in [0, 0.1) is 11.6 Å². The summed E-state index contributed by atoms with van der Waals surface area (Å²) in [7, 11) is -3.83. The number of rotatable bonds is 6. The molecule has 0 radical (unpaired) electrons. The monoisotopic (exact) mass is 382 g/mol. The highest BCUT2D eigenvalue weighted by molar-refractivity contribution is 7.92. The van der Waals surface area contributed by atoms with Crippen molar-refractivity contribution in [3.63, 3.8) is 0 Å². The molecule has 0 saturated heterocycles. The van der Waals surface area contributed by atoms with Gasteiger partial charge in [0.25, 0.3) is 0 Å². The zero-order valence-electron chi connectivity index (χ0n) is 14.6. The van der Waals surface area contributed by atoms with Gasteiger partial charge in [0.15, 0.2) is 0 Å². The number of anilines is 1. The van der Waals surface area contributed by atoms with Crippen LogP contribution >= 0.6 is 0 Å². The van der Waals surface area contributed by atoms with E-state index in [0.717, 1.165) is 16.6 Å². The Morgan fingerprint density at radius 2 is 1.65 bits per heavy atom. The number of hydrogen-bond acceptors (Lipinski definition) is 3. The van der Waals surface area contributed by atoms with Crippen molar-refractivity contribution in [3.05, 3.63) is 65.7 Å². The van der Waals surface area contributed by atoms with Gasteiger partial charge >= 0.3 is 0 Å². The van der Waals surface area contributed by atoms with Gasteiger partial charge in [-0.1, -0.05) is 18.2 Å². The molecule has 2 aromatic rings. The summed E-state index contributed by atoms with van der Waals surface area (Å²) < 4.78 is 51.7. The molecule has 2 atom stereocenters. The fourth-order valence-corrected chi connectivity index (χ4v) is 3.76. The Bertz CT molecular complexity index is 886. The normalized spacial score (nSPS) is 13.7. The number of hydrogen-bond donors (Lipinski definition) is 1. The van der Waals surface area contributed by atoms with E-state index in [0.29, 0.717) is 5.56 Å². The van der Waals surface area contributed by atoms with E-state index in [1.54, 1.807) is 6.92 Å². The van der Waals surface area contributed by atoms with Gasteiger partial charge in [-0.25, -0.2) is 17.2 Å². The van der Waals surface area contributed by atoms with Crippen LogP contribution in [0.5, 0.6) is 0 Å². The van der Waals surface area contributed by atoms with Crippen LogP contribution in [0.4, 0.5) is 14.5 Å². The third-order valence-electron chi connectivity index (χ3n) is 3.88. The number of nitrogens with zero attached hydrogens (tertiary/aromatic N) is 1. The number of carbonyl (C=O) groups excluding carboxylic acids is 1. The average Bonchev–Trinajstić information content (AvgIpc) is 2.54. The second-order valence-corrected chi connectivity index (χ2v) is 7.86. The highest BCUT2D eigenvalue weighted by atomic mass is 32.2. The summed E-state index contributed by atoms with van der Waals surface area (Å²) in [5, 5.41) is 2.69. The minimum absolute atomic E-state index is 0.0598. The highest BCUT2D eigenvalue weighted by Gasteiger charge is 2.30. The lowest BCUT2D eigenvalue weighted by Crippen LogP contribution is -2.48. The van der Waals surface area contributed by atoms with Crippen LogP contribution in [-0.4, -0.2) is 26.6 Å². The minimum atomic E-state index is -3.83. The van der Waals surface area contributed by atoms with Gasteiger partial charge < -0.3 is 5.32 Å². The largest absolute Gasteiger partial charge is 0.348 e. The molecule has 0 aliphatic carbocycles. The van der Waals surface area contributed by atoms with Gasteiger partial charge in [0.05, 0.1) is 18.0 Å². The first-order valence-corrected chi connectivity index (χ1v) is 9.75. The van der Waals surface area contributed by atoms with Crippen LogP contribution in [0.2, 0.25) is 0 Å². The maximum absolute atomic E-state index is 13.5. The van der Waals surface area contributed by atoms with Crippen LogP contribution in [0.25, 0.3) is 0 Å². The van der Waals surface area contributed by atoms with Crippen molar-refractivity contribution in [2.75, 3.05) is 10.6 Å². The molecule has 0 aliphatic heterocycles. The number of amides is 1. The lowest BCUT2D eigenvalue weighted by atomic mass is 10.1. The lowest BCUT2D eigenvalue weighted by Gasteiger charge is -2.29. The van der Waals surface area contributed by atoms with Crippen molar-refractivity contribution in [1.29, 1.82) is 0 Å². The molecule has 1 amide bonds. The van der Waals surface area contributed by atoms with Crippen molar-refractivity contribution >= 4 is 21.6 Å². The van der Waals surface area contributed by atoms with E-state index in [1.165, 1.54) is 49.4 Å². The summed E-state index contributed by atoms with van der Waals surface area (Å²) in [5.41, 5.74) is 0.730. The van der Waals surface area contributed by atoms with Crippen LogP contribution in [0.1, 0.15) is 25.5 Å². The molecule has 5 nitrogen and oxygen atoms in total. The smallest absolute Gasteiger partial charge is 0.244 e. The molecule has 0 aliphatic rings. The molecule has 1 N–H and O–H groups in total. The van der Waals surface area contributed by atoms with Gasteiger partial charge in [-0.05, 0) is 49.7 Å². The van der Waals surface area contributed by atoms with Crippen LogP contribution in [0.15, 0.2) is 48.5 Å². The molecule has 140 valence electrons. The van der Waals surface area contributed by atoms with Gasteiger partial charge in [0, 0.05) is 0 Å². The lowest BCUT2D eigenvalue weighted by molar-refractivity contribution is -0.122.